The van der Waals surface area contributed by atoms with E-state index in [0.717, 1.165) is 37.2 Å². The normalized spacial score (nSPS) is 28.3. The minimum atomic E-state index is -0.359. The molecule has 0 saturated heterocycles. The average molecular weight is 411 g/mol. The van der Waals surface area contributed by atoms with Gasteiger partial charge in [-0.2, -0.15) is 0 Å². The van der Waals surface area contributed by atoms with Gasteiger partial charge in [-0.25, -0.2) is 0 Å². The molecule has 0 N–H and O–H groups in total. The molecule has 2 nitrogen and oxygen atoms in total. The lowest BCUT2D eigenvalue weighted by atomic mass is 9.67. The van der Waals surface area contributed by atoms with E-state index in [-0.39, 0.29) is 23.4 Å². The van der Waals surface area contributed by atoms with E-state index in [1.807, 2.05) is 18.2 Å². The van der Waals surface area contributed by atoms with Crippen molar-refractivity contribution in [3.63, 3.8) is 0 Å². The fraction of sp³-hybridized carbons (Fsp3) is 0.714. The van der Waals surface area contributed by atoms with Gasteiger partial charge < -0.3 is 0 Å². The molecule has 0 heterocycles. The first-order valence-electron chi connectivity index (χ1n) is 12.7. The molecule has 3 atom stereocenters. The molecular weight excluding hydrogens is 368 g/mol. The average Bonchev–Trinajstić information content (AvgIpc) is 2.75. The van der Waals surface area contributed by atoms with E-state index in [2.05, 4.69) is 26.0 Å². The maximum atomic E-state index is 13.6. The van der Waals surface area contributed by atoms with Crippen LogP contribution < -0.4 is 0 Å². The number of benzene rings is 1. The number of carbonyl (C=O) groups is 2. The smallest absolute Gasteiger partial charge is 0.151 e. The third-order valence-electron chi connectivity index (χ3n) is 7.77. The Labute approximate surface area is 184 Å². The predicted molar refractivity (Wildman–Crippen MR) is 125 cm³/mol. The van der Waals surface area contributed by atoms with Crippen molar-refractivity contribution in [1.82, 2.24) is 0 Å². The zero-order chi connectivity index (χ0) is 21.3. The maximum absolute atomic E-state index is 13.6. The standard InChI is InChI=1S/C28H42O2/c1-3-4-5-6-8-11-22-15-17-24(18-16-22)27(23-12-9-7-10-13-23)28(30)25-19-14-21(2)20-26(25)29/h7,9-10,12-13,21-22,24-25,27H,3-6,8,11,14-20H2,1-2H3. The molecule has 2 heteroatoms. The van der Waals surface area contributed by atoms with Crippen LogP contribution in [0.2, 0.25) is 0 Å². The van der Waals surface area contributed by atoms with Crippen LogP contribution in [0.4, 0.5) is 0 Å². The van der Waals surface area contributed by atoms with Gasteiger partial charge in [-0.3, -0.25) is 9.59 Å². The molecule has 0 spiro atoms. The molecule has 0 aliphatic heterocycles. The summed E-state index contributed by atoms with van der Waals surface area (Å²) in [4.78, 5) is 26.3. The molecule has 0 aromatic heterocycles. The lowest BCUT2D eigenvalue weighted by Gasteiger charge is -2.36. The number of hydrogen-bond acceptors (Lipinski definition) is 2. The Hall–Kier alpha value is -1.44. The molecule has 2 aliphatic carbocycles. The van der Waals surface area contributed by atoms with Crippen LogP contribution in [0.3, 0.4) is 0 Å². The van der Waals surface area contributed by atoms with Crippen molar-refractivity contribution in [2.24, 2.45) is 23.7 Å². The number of rotatable bonds is 10. The highest BCUT2D eigenvalue weighted by Crippen LogP contribution is 2.42. The summed E-state index contributed by atoms with van der Waals surface area (Å²) >= 11 is 0. The second-order valence-electron chi connectivity index (χ2n) is 10.2. The Morgan fingerprint density at radius 3 is 2.30 bits per heavy atom. The molecule has 2 fully saturated rings. The fourth-order valence-corrected chi connectivity index (χ4v) is 5.89. The molecule has 30 heavy (non-hydrogen) atoms. The summed E-state index contributed by atoms with van der Waals surface area (Å²) in [5, 5.41) is 0. The molecular formula is C28H42O2. The zero-order valence-electron chi connectivity index (χ0n) is 19.3. The van der Waals surface area contributed by atoms with Gasteiger partial charge >= 0.3 is 0 Å². The summed E-state index contributed by atoms with van der Waals surface area (Å²) in [5.74, 6) is 1.66. The summed E-state index contributed by atoms with van der Waals surface area (Å²) in [6.45, 7) is 4.41. The summed E-state index contributed by atoms with van der Waals surface area (Å²) in [5.41, 5.74) is 1.14. The Balaban J connectivity index is 1.62. The number of Topliss-reactive ketones (excluding diaryl/α,β-unsaturated/α-hetero) is 2. The van der Waals surface area contributed by atoms with E-state index in [9.17, 15) is 9.59 Å². The highest BCUT2D eigenvalue weighted by Gasteiger charge is 2.40. The molecule has 1 aromatic carbocycles. The Morgan fingerprint density at radius 1 is 0.933 bits per heavy atom. The summed E-state index contributed by atoms with van der Waals surface area (Å²) in [6, 6.07) is 10.3. The zero-order valence-corrected chi connectivity index (χ0v) is 19.3. The van der Waals surface area contributed by atoms with Gasteiger partial charge in [0.1, 0.15) is 5.78 Å². The van der Waals surface area contributed by atoms with Gasteiger partial charge in [0.05, 0.1) is 5.92 Å². The van der Waals surface area contributed by atoms with Crippen molar-refractivity contribution in [3.05, 3.63) is 35.9 Å². The lowest BCUT2D eigenvalue weighted by Crippen LogP contribution is -2.36. The van der Waals surface area contributed by atoms with Gasteiger partial charge in [0.25, 0.3) is 0 Å². The number of unbranched alkanes of at least 4 members (excludes halogenated alkanes) is 4. The topological polar surface area (TPSA) is 34.1 Å². The molecule has 3 rings (SSSR count). The van der Waals surface area contributed by atoms with E-state index in [1.54, 1.807) is 0 Å². The van der Waals surface area contributed by atoms with E-state index in [1.165, 1.54) is 51.4 Å². The van der Waals surface area contributed by atoms with Crippen molar-refractivity contribution in [1.29, 1.82) is 0 Å². The van der Waals surface area contributed by atoms with Crippen LogP contribution in [0.5, 0.6) is 0 Å². The fourth-order valence-electron chi connectivity index (χ4n) is 5.89. The van der Waals surface area contributed by atoms with Gasteiger partial charge in [0.15, 0.2) is 5.78 Å². The van der Waals surface area contributed by atoms with Crippen molar-refractivity contribution in [2.45, 2.75) is 103 Å². The molecule has 0 bridgehead atoms. The predicted octanol–water partition coefficient (Wildman–Crippen LogP) is 7.51. The third kappa shape index (κ3) is 6.28. The van der Waals surface area contributed by atoms with Gasteiger partial charge in [-0.05, 0) is 49.0 Å². The van der Waals surface area contributed by atoms with Crippen molar-refractivity contribution < 1.29 is 9.59 Å². The van der Waals surface area contributed by atoms with E-state index < -0.39 is 0 Å². The van der Waals surface area contributed by atoms with Crippen molar-refractivity contribution in [2.75, 3.05) is 0 Å². The van der Waals surface area contributed by atoms with Gasteiger partial charge in [0, 0.05) is 12.3 Å². The Kier molecular flexibility index (Phi) is 9.15. The Morgan fingerprint density at radius 2 is 1.63 bits per heavy atom. The van der Waals surface area contributed by atoms with Crippen LogP contribution >= 0.6 is 0 Å². The van der Waals surface area contributed by atoms with Crippen LogP contribution in [0.15, 0.2) is 30.3 Å². The molecule has 166 valence electrons. The lowest BCUT2D eigenvalue weighted by molar-refractivity contribution is -0.137. The minimum Gasteiger partial charge on any atom is -0.299 e. The number of carbonyl (C=O) groups excluding carboxylic acids is 2. The van der Waals surface area contributed by atoms with Crippen LogP contribution in [0, 0.1) is 23.7 Å². The quantitative estimate of drug-likeness (QED) is 0.295. The first-order chi connectivity index (χ1) is 14.6. The van der Waals surface area contributed by atoms with Gasteiger partial charge in [0.2, 0.25) is 0 Å². The molecule has 2 aliphatic rings. The second-order valence-corrected chi connectivity index (χ2v) is 10.2. The van der Waals surface area contributed by atoms with Crippen molar-refractivity contribution in [3.8, 4) is 0 Å². The Bertz CT molecular complexity index is 656. The van der Waals surface area contributed by atoms with Gasteiger partial charge in [-0.15, -0.1) is 0 Å². The molecule has 0 amide bonds. The van der Waals surface area contributed by atoms with E-state index in [0.29, 0.717) is 18.3 Å². The van der Waals surface area contributed by atoms with Crippen LogP contribution in [0.25, 0.3) is 0 Å². The van der Waals surface area contributed by atoms with E-state index in [4.69, 9.17) is 0 Å². The largest absolute Gasteiger partial charge is 0.299 e. The van der Waals surface area contributed by atoms with Gasteiger partial charge in [-0.1, -0.05) is 95.5 Å². The maximum Gasteiger partial charge on any atom is 0.151 e. The number of hydrogen-bond donors (Lipinski definition) is 0. The first-order valence-corrected chi connectivity index (χ1v) is 12.7. The number of ketones is 2. The van der Waals surface area contributed by atoms with Crippen LogP contribution in [-0.2, 0) is 9.59 Å². The highest BCUT2D eigenvalue weighted by atomic mass is 16.2. The highest BCUT2D eigenvalue weighted by molar-refractivity contribution is 6.05. The minimum absolute atomic E-state index is 0.0842. The van der Waals surface area contributed by atoms with Crippen LogP contribution in [-0.4, -0.2) is 11.6 Å². The van der Waals surface area contributed by atoms with Crippen molar-refractivity contribution >= 4 is 11.6 Å². The molecule has 0 radical (unpaired) electrons. The molecule has 3 unspecified atom stereocenters. The summed E-state index contributed by atoms with van der Waals surface area (Å²) in [7, 11) is 0. The SMILES string of the molecule is CCCCCCCC1CCC(C(C(=O)C2CCC(C)CC2=O)c2ccccc2)CC1. The molecule has 2 saturated carbocycles. The first kappa shape index (κ1) is 23.2. The summed E-state index contributed by atoms with van der Waals surface area (Å²) < 4.78 is 0. The van der Waals surface area contributed by atoms with Crippen LogP contribution in [0.1, 0.15) is 109 Å². The van der Waals surface area contributed by atoms with E-state index >= 15 is 0 Å². The summed E-state index contributed by atoms with van der Waals surface area (Å²) in [6.07, 6.45) is 15.3. The molecule has 1 aromatic rings. The third-order valence-corrected chi connectivity index (χ3v) is 7.77. The second kappa shape index (κ2) is 11.8. The monoisotopic (exact) mass is 410 g/mol.